The van der Waals surface area contributed by atoms with Crippen molar-refractivity contribution in [2.75, 3.05) is 5.32 Å². The van der Waals surface area contributed by atoms with Crippen molar-refractivity contribution in [1.82, 2.24) is 15.0 Å². The Kier molecular flexibility index (Phi) is 2.90. The van der Waals surface area contributed by atoms with Crippen LogP contribution in [0.5, 0.6) is 0 Å². The average Bonchev–Trinajstić information content (AvgIpc) is 2.82. The number of aromatic nitrogens is 3. The Morgan fingerprint density at radius 1 is 1.17 bits per heavy atom. The fourth-order valence-corrected chi connectivity index (χ4v) is 2.51. The minimum atomic E-state index is 0.694. The van der Waals surface area contributed by atoms with Crippen LogP contribution >= 0.6 is 11.3 Å². The van der Waals surface area contributed by atoms with Crippen molar-refractivity contribution in [2.45, 2.75) is 13.5 Å². The molecule has 4 nitrogen and oxygen atoms in total. The Bertz CT molecular complexity index is 672. The molecule has 1 N–H and O–H groups in total. The van der Waals surface area contributed by atoms with Crippen molar-refractivity contribution >= 4 is 28.1 Å². The summed E-state index contributed by atoms with van der Waals surface area (Å²) in [4.78, 5) is 14.1. The maximum Gasteiger partial charge on any atom is 0.137 e. The van der Waals surface area contributed by atoms with Crippen molar-refractivity contribution in [2.24, 2.45) is 0 Å². The zero-order valence-electron chi connectivity index (χ0n) is 9.92. The largest absolute Gasteiger partial charge is 0.363 e. The molecule has 0 atom stereocenters. The molecule has 5 heteroatoms. The number of rotatable bonds is 3. The van der Waals surface area contributed by atoms with Gasteiger partial charge in [-0.1, -0.05) is 12.1 Å². The Morgan fingerprint density at radius 3 is 2.89 bits per heavy atom. The van der Waals surface area contributed by atoms with Crippen LogP contribution in [0.4, 0.5) is 5.82 Å². The summed E-state index contributed by atoms with van der Waals surface area (Å²) in [6.45, 7) is 2.75. The molecule has 1 aromatic carbocycles. The number of hydrogen-bond donors (Lipinski definition) is 1. The van der Waals surface area contributed by atoms with Gasteiger partial charge in [0.2, 0.25) is 0 Å². The van der Waals surface area contributed by atoms with E-state index in [-0.39, 0.29) is 0 Å². The first-order chi connectivity index (χ1) is 8.83. The number of thiazole rings is 1. The van der Waals surface area contributed by atoms with Crippen LogP contribution in [-0.2, 0) is 6.54 Å². The molecule has 3 aromatic rings. The van der Waals surface area contributed by atoms with Gasteiger partial charge in [-0.15, -0.1) is 11.3 Å². The topological polar surface area (TPSA) is 50.7 Å². The number of fused-ring (bicyclic) bond motifs is 1. The molecule has 2 heterocycles. The fraction of sp³-hybridized carbons (Fsp3) is 0.154. The molecule has 0 spiro atoms. The van der Waals surface area contributed by atoms with Gasteiger partial charge in [0, 0.05) is 16.5 Å². The highest BCUT2D eigenvalue weighted by Crippen LogP contribution is 2.19. The number of anilines is 1. The molecule has 0 aliphatic rings. The SMILES string of the molecule is Cc1cnc(CNc2ncnc3ccccc23)s1. The molecular formula is C13H12N4S. The minimum absolute atomic E-state index is 0.694. The van der Waals surface area contributed by atoms with E-state index >= 15 is 0 Å². The summed E-state index contributed by atoms with van der Waals surface area (Å²) in [7, 11) is 0. The van der Waals surface area contributed by atoms with Crippen LogP contribution in [0.2, 0.25) is 0 Å². The number of nitrogens with zero attached hydrogens (tertiary/aromatic N) is 3. The van der Waals surface area contributed by atoms with E-state index < -0.39 is 0 Å². The number of benzene rings is 1. The summed E-state index contributed by atoms with van der Waals surface area (Å²) in [6.07, 6.45) is 3.47. The first-order valence-corrected chi connectivity index (χ1v) is 6.49. The highest BCUT2D eigenvalue weighted by molar-refractivity contribution is 7.11. The Labute approximate surface area is 109 Å². The van der Waals surface area contributed by atoms with E-state index in [4.69, 9.17) is 0 Å². The van der Waals surface area contributed by atoms with Gasteiger partial charge in [0.25, 0.3) is 0 Å². The molecule has 0 aliphatic heterocycles. The second-order valence-corrected chi connectivity index (χ2v) is 5.28. The van der Waals surface area contributed by atoms with Crippen molar-refractivity contribution in [1.29, 1.82) is 0 Å². The molecule has 0 aliphatic carbocycles. The van der Waals surface area contributed by atoms with E-state index in [1.165, 1.54) is 4.88 Å². The van der Waals surface area contributed by atoms with Crippen LogP contribution in [0.3, 0.4) is 0 Å². The van der Waals surface area contributed by atoms with Crippen LogP contribution in [0.15, 0.2) is 36.8 Å². The van der Waals surface area contributed by atoms with Gasteiger partial charge >= 0.3 is 0 Å². The lowest BCUT2D eigenvalue weighted by Gasteiger charge is -2.06. The van der Waals surface area contributed by atoms with Gasteiger partial charge < -0.3 is 5.32 Å². The minimum Gasteiger partial charge on any atom is -0.363 e. The second kappa shape index (κ2) is 4.70. The third-order valence-corrected chi connectivity index (χ3v) is 3.53. The first-order valence-electron chi connectivity index (χ1n) is 5.68. The van der Waals surface area contributed by atoms with Gasteiger partial charge in [0.15, 0.2) is 0 Å². The molecule has 0 bridgehead atoms. The quantitative estimate of drug-likeness (QED) is 0.782. The monoisotopic (exact) mass is 256 g/mol. The predicted molar refractivity (Wildman–Crippen MR) is 73.7 cm³/mol. The van der Waals surface area contributed by atoms with Crippen molar-refractivity contribution in [3.8, 4) is 0 Å². The fourth-order valence-electron chi connectivity index (χ4n) is 1.79. The number of nitrogens with one attached hydrogen (secondary N) is 1. The summed E-state index contributed by atoms with van der Waals surface area (Å²) in [5.41, 5.74) is 0.949. The Morgan fingerprint density at radius 2 is 2.06 bits per heavy atom. The van der Waals surface area contributed by atoms with E-state index in [0.29, 0.717) is 6.54 Å². The van der Waals surface area contributed by atoms with Crippen LogP contribution < -0.4 is 5.32 Å². The number of aryl methyl sites for hydroxylation is 1. The van der Waals surface area contributed by atoms with E-state index in [2.05, 4.69) is 27.2 Å². The Balaban J connectivity index is 1.86. The molecule has 0 fully saturated rings. The van der Waals surface area contributed by atoms with Crippen LogP contribution in [-0.4, -0.2) is 15.0 Å². The second-order valence-electron chi connectivity index (χ2n) is 3.96. The molecule has 0 unspecified atom stereocenters. The normalized spacial score (nSPS) is 10.7. The van der Waals surface area contributed by atoms with Gasteiger partial charge in [-0.3, -0.25) is 0 Å². The van der Waals surface area contributed by atoms with Gasteiger partial charge in [-0.25, -0.2) is 15.0 Å². The molecule has 0 amide bonds. The molecular weight excluding hydrogens is 244 g/mol. The maximum absolute atomic E-state index is 4.32. The highest BCUT2D eigenvalue weighted by atomic mass is 32.1. The lowest BCUT2D eigenvalue weighted by molar-refractivity contribution is 1.07. The molecule has 0 saturated heterocycles. The van der Waals surface area contributed by atoms with Crippen molar-refractivity contribution in [3.05, 3.63) is 46.7 Å². The summed E-state index contributed by atoms with van der Waals surface area (Å²) in [6, 6.07) is 7.97. The summed E-state index contributed by atoms with van der Waals surface area (Å²) < 4.78 is 0. The molecule has 3 rings (SSSR count). The van der Waals surface area contributed by atoms with Crippen molar-refractivity contribution in [3.63, 3.8) is 0 Å². The summed E-state index contributed by atoms with van der Waals surface area (Å²) >= 11 is 1.70. The molecule has 18 heavy (non-hydrogen) atoms. The zero-order valence-corrected chi connectivity index (χ0v) is 10.7. The standard InChI is InChI=1S/C13H12N4S/c1-9-6-14-12(18-9)7-15-13-10-4-2-3-5-11(10)16-8-17-13/h2-6,8H,7H2,1H3,(H,15,16,17). The van der Waals surface area contributed by atoms with Crippen LogP contribution in [0.1, 0.15) is 9.88 Å². The molecule has 2 aromatic heterocycles. The predicted octanol–water partition coefficient (Wildman–Crippen LogP) is 3.01. The van der Waals surface area contributed by atoms with Gasteiger partial charge in [-0.2, -0.15) is 0 Å². The van der Waals surface area contributed by atoms with Gasteiger partial charge in [0.05, 0.1) is 12.1 Å². The van der Waals surface area contributed by atoms with Gasteiger partial charge in [-0.05, 0) is 19.1 Å². The highest BCUT2D eigenvalue weighted by Gasteiger charge is 2.03. The lowest BCUT2D eigenvalue weighted by Crippen LogP contribution is -2.01. The Hall–Kier alpha value is -2.01. The van der Waals surface area contributed by atoms with E-state index in [1.54, 1.807) is 17.7 Å². The third-order valence-electron chi connectivity index (χ3n) is 2.62. The number of hydrogen-bond acceptors (Lipinski definition) is 5. The first kappa shape index (κ1) is 11.1. The third kappa shape index (κ3) is 2.17. The van der Waals surface area contributed by atoms with Crippen LogP contribution in [0.25, 0.3) is 10.9 Å². The maximum atomic E-state index is 4.32. The number of para-hydroxylation sites is 1. The summed E-state index contributed by atoms with van der Waals surface area (Å²) in [5, 5.41) is 5.41. The smallest absolute Gasteiger partial charge is 0.137 e. The summed E-state index contributed by atoms with van der Waals surface area (Å²) in [5.74, 6) is 0.855. The van der Waals surface area contributed by atoms with E-state index in [0.717, 1.165) is 21.7 Å². The molecule has 0 radical (unpaired) electrons. The molecule has 0 saturated carbocycles. The molecule has 90 valence electrons. The lowest BCUT2D eigenvalue weighted by atomic mass is 10.2. The van der Waals surface area contributed by atoms with Gasteiger partial charge in [0.1, 0.15) is 17.2 Å². The van der Waals surface area contributed by atoms with E-state index in [1.807, 2.05) is 30.5 Å². The zero-order chi connectivity index (χ0) is 12.4. The van der Waals surface area contributed by atoms with Crippen molar-refractivity contribution < 1.29 is 0 Å². The average molecular weight is 256 g/mol. The van der Waals surface area contributed by atoms with E-state index in [9.17, 15) is 0 Å². The van der Waals surface area contributed by atoms with Crippen LogP contribution in [0, 0.1) is 6.92 Å².